The zero-order chi connectivity index (χ0) is 12.5. The summed E-state index contributed by atoms with van der Waals surface area (Å²) in [6.45, 7) is 2.16. The summed E-state index contributed by atoms with van der Waals surface area (Å²) in [6.07, 6.45) is 0.634. The van der Waals surface area contributed by atoms with Gasteiger partial charge in [-0.3, -0.25) is 0 Å². The fourth-order valence-electron chi connectivity index (χ4n) is 1.72. The minimum absolute atomic E-state index is 0.267. The number of benzene rings is 1. The van der Waals surface area contributed by atoms with Crippen LogP contribution in [0.25, 0.3) is 0 Å². The molecule has 4 nitrogen and oxygen atoms in total. The quantitative estimate of drug-likeness (QED) is 0.802. The number of methoxy groups -OCH3 is 2. The van der Waals surface area contributed by atoms with Gasteiger partial charge in [0.25, 0.3) is 0 Å². The average Bonchev–Trinajstić information content (AvgIpc) is 2.77. The molecule has 0 amide bonds. The third-order valence-electron chi connectivity index (χ3n) is 2.88. The van der Waals surface area contributed by atoms with Crippen LogP contribution in [0.3, 0.4) is 0 Å². The van der Waals surface area contributed by atoms with Gasteiger partial charge >= 0.3 is 0 Å². The number of rotatable bonds is 4. The Bertz CT molecular complexity index is 415. The highest BCUT2D eigenvalue weighted by atomic mass is 79.9. The van der Waals surface area contributed by atoms with Crippen LogP contribution < -0.4 is 9.47 Å². The second-order valence-corrected chi connectivity index (χ2v) is 4.88. The number of fused-ring (bicyclic) bond motifs is 1. The summed E-state index contributed by atoms with van der Waals surface area (Å²) in [4.78, 5) is 0. The summed E-state index contributed by atoms with van der Waals surface area (Å²) < 4.78 is 22.3. The molecule has 1 heterocycles. The molecule has 2 rings (SSSR count). The van der Waals surface area contributed by atoms with Crippen LogP contribution in [-0.4, -0.2) is 26.8 Å². The Kier molecular flexibility index (Phi) is 3.61. The maximum atomic E-state index is 5.37. The van der Waals surface area contributed by atoms with Crippen LogP contribution in [0.1, 0.15) is 12.5 Å². The van der Waals surface area contributed by atoms with E-state index < -0.39 is 5.79 Å². The lowest BCUT2D eigenvalue weighted by atomic mass is 10.1. The van der Waals surface area contributed by atoms with E-state index in [4.69, 9.17) is 18.9 Å². The highest BCUT2D eigenvalue weighted by molar-refractivity contribution is 9.10. The van der Waals surface area contributed by atoms with Crippen molar-refractivity contribution in [2.45, 2.75) is 19.1 Å². The Morgan fingerprint density at radius 2 is 2.00 bits per heavy atom. The fourth-order valence-corrected chi connectivity index (χ4v) is 2.33. The Morgan fingerprint density at radius 1 is 1.29 bits per heavy atom. The Balaban J connectivity index is 2.26. The van der Waals surface area contributed by atoms with Crippen LogP contribution in [0.4, 0.5) is 0 Å². The summed E-state index contributed by atoms with van der Waals surface area (Å²) in [5.41, 5.74) is 1.06. The van der Waals surface area contributed by atoms with Crippen molar-refractivity contribution in [2.24, 2.45) is 0 Å². The summed E-state index contributed by atoms with van der Waals surface area (Å²) in [5.74, 6) is 0.877. The van der Waals surface area contributed by atoms with E-state index in [9.17, 15) is 0 Å². The average molecular weight is 303 g/mol. The topological polar surface area (TPSA) is 36.9 Å². The molecular weight excluding hydrogens is 288 g/mol. The molecule has 5 heteroatoms. The molecule has 94 valence electrons. The van der Waals surface area contributed by atoms with Crippen molar-refractivity contribution < 1.29 is 18.9 Å². The summed E-state index contributed by atoms with van der Waals surface area (Å²) >= 11 is 3.46. The number of ether oxygens (including phenoxy) is 4. The van der Waals surface area contributed by atoms with Gasteiger partial charge < -0.3 is 18.9 Å². The minimum atomic E-state index is -0.632. The van der Waals surface area contributed by atoms with Gasteiger partial charge in [0, 0.05) is 20.6 Å². The molecule has 17 heavy (non-hydrogen) atoms. The lowest BCUT2D eigenvalue weighted by Gasteiger charge is -2.26. The molecule has 0 aliphatic carbocycles. The van der Waals surface area contributed by atoms with Crippen molar-refractivity contribution in [2.75, 3.05) is 21.0 Å². The van der Waals surface area contributed by atoms with Gasteiger partial charge in [-0.2, -0.15) is 0 Å². The van der Waals surface area contributed by atoms with E-state index in [1.54, 1.807) is 14.2 Å². The van der Waals surface area contributed by atoms with E-state index in [2.05, 4.69) is 15.9 Å². The van der Waals surface area contributed by atoms with Gasteiger partial charge in [0.15, 0.2) is 17.3 Å². The molecular formula is C12H15BrO4. The van der Waals surface area contributed by atoms with Crippen molar-refractivity contribution in [3.05, 3.63) is 22.2 Å². The molecule has 0 radical (unpaired) electrons. The van der Waals surface area contributed by atoms with Crippen LogP contribution in [-0.2, 0) is 15.9 Å². The van der Waals surface area contributed by atoms with Gasteiger partial charge in [-0.05, 0) is 40.5 Å². The molecule has 0 N–H and O–H groups in total. The zero-order valence-corrected chi connectivity index (χ0v) is 11.7. The number of halogens is 1. The number of hydrogen-bond donors (Lipinski definition) is 0. The first-order chi connectivity index (χ1) is 8.08. The van der Waals surface area contributed by atoms with Gasteiger partial charge in [-0.25, -0.2) is 0 Å². The van der Waals surface area contributed by atoms with Crippen molar-refractivity contribution >= 4 is 15.9 Å². The van der Waals surface area contributed by atoms with Gasteiger partial charge in [-0.1, -0.05) is 0 Å². The van der Waals surface area contributed by atoms with E-state index in [0.717, 1.165) is 21.5 Å². The lowest BCUT2D eigenvalue weighted by molar-refractivity contribution is -0.191. The highest BCUT2D eigenvalue weighted by Gasteiger charge is 2.25. The molecule has 0 saturated carbocycles. The van der Waals surface area contributed by atoms with E-state index in [1.807, 2.05) is 19.1 Å². The van der Waals surface area contributed by atoms with E-state index in [-0.39, 0.29) is 6.79 Å². The summed E-state index contributed by atoms with van der Waals surface area (Å²) in [7, 11) is 3.26. The van der Waals surface area contributed by atoms with E-state index in [1.165, 1.54) is 0 Å². The van der Waals surface area contributed by atoms with E-state index in [0.29, 0.717) is 6.42 Å². The van der Waals surface area contributed by atoms with E-state index >= 15 is 0 Å². The second-order valence-electron chi connectivity index (χ2n) is 4.03. The zero-order valence-electron chi connectivity index (χ0n) is 10.1. The van der Waals surface area contributed by atoms with Crippen LogP contribution >= 0.6 is 15.9 Å². The lowest BCUT2D eigenvalue weighted by Crippen LogP contribution is -2.32. The highest BCUT2D eigenvalue weighted by Crippen LogP contribution is 2.40. The molecule has 0 spiro atoms. The first-order valence-corrected chi connectivity index (χ1v) is 6.05. The Morgan fingerprint density at radius 3 is 2.65 bits per heavy atom. The maximum Gasteiger partial charge on any atom is 0.231 e. The summed E-state index contributed by atoms with van der Waals surface area (Å²) in [6, 6.07) is 3.94. The maximum absolute atomic E-state index is 5.37. The third kappa shape index (κ3) is 2.56. The second kappa shape index (κ2) is 4.84. The standard InChI is InChI=1S/C12H15BrO4/c1-12(14-2,15-3)6-8-4-9(13)11-10(5-8)16-7-17-11/h4-5H,6-7H2,1-3H3. The fraction of sp³-hybridized carbons (Fsp3) is 0.500. The van der Waals surface area contributed by atoms with Crippen molar-refractivity contribution in [1.29, 1.82) is 0 Å². The molecule has 1 aromatic rings. The first-order valence-electron chi connectivity index (χ1n) is 5.26. The van der Waals surface area contributed by atoms with Gasteiger partial charge in [-0.15, -0.1) is 0 Å². The van der Waals surface area contributed by atoms with Crippen LogP contribution in [0, 0.1) is 0 Å². The predicted octanol–water partition coefficient (Wildman–Crippen LogP) is 2.73. The SMILES string of the molecule is COC(C)(Cc1cc(Br)c2c(c1)OCO2)OC. The molecule has 0 bridgehead atoms. The number of hydrogen-bond acceptors (Lipinski definition) is 4. The van der Waals surface area contributed by atoms with Gasteiger partial charge in [0.2, 0.25) is 6.79 Å². The molecule has 0 unspecified atom stereocenters. The summed E-state index contributed by atoms with van der Waals surface area (Å²) in [5, 5.41) is 0. The van der Waals surface area contributed by atoms with Crippen molar-refractivity contribution in [3.63, 3.8) is 0 Å². The molecule has 1 aliphatic rings. The smallest absolute Gasteiger partial charge is 0.231 e. The molecule has 0 fully saturated rings. The third-order valence-corrected chi connectivity index (χ3v) is 3.46. The Labute approximate surface area is 109 Å². The largest absolute Gasteiger partial charge is 0.454 e. The minimum Gasteiger partial charge on any atom is -0.454 e. The Hall–Kier alpha value is -0.780. The van der Waals surface area contributed by atoms with Crippen LogP contribution in [0.5, 0.6) is 11.5 Å². The molecule has 0 saturated heterocycles. The van der Waals surface area contributed by atoms with Crippen molar-refractivity contribution in [3.8, 4) is 11.5 Å². The van der Waals surface area contributed by atoms with Crippen LogP contribution in [0.2, 0.25) is 0 Å². The molecule has 0 aromatic heterocycles. The molecule has 1 aromatic carbocycles. The van der Waals surface area contributed by atoms with Gasteiger partial charge in [0.1, 0.15) is 0 Å². The van der Waals surface area contributed by atoms with Gasteiger partial charge in [0.05, 0.1) is 4.47 Å². The van der Waals surface area contributed by atoms with Crippen molar-refractivity contribution in [1.82, 2.24) is 0 Å². The van der Waals surface area contributed by atoms with Crippen LogP contribution in [0.15, 0.2) is 16.6 Å². The monoisotopic (exact) mass is 302 g/mol. The molecule has 0 atom stereocenters. The predicted molar refractivity (Wildman–Crippen MR) is 66.4 cm³/mol. The normalized spacial score (nSPS) is 14.1. The molecule has 1 aliphatic heterocycles. The first kappa shape index (κ1) is 12.7.